The Hall–Kier alpha value is -1.28. The van der Waals surface area contributed by atoms with Crippen LogP contribution in [0.1, 0.15) is 45.7 Å². The van der Waals surface area contributed by atoms with Crippen molar-refractivity contribution in [2.75, 3.05) is 12.4 Å². The Morgan fingerprint density at radius 1 is 1.17 bits per heavy atom. The zero-order valence-corrected chi connectivity index (χ0v) is 12.4. The predicted octanol–water partition coefficient (Wildman–Crippen LogP) is 4.42. The molecule has 18 heavy (non-hydrogen) atoms. The first-order valence-electron chi connectivity index (χ1n) is 6.30. The molecule has 0 aromatic heterocycles. The lowest BCUT2D eigenvalue weighted by atomic mass is 9.94. The van der Waals surface area contributed by atoms with Crippen LogP contribution in [0.15, 0.2) is 24.8 Å². The van der Waals surface area contributed by atoms with Gasteiger partial charge < -0.3 is 10.1 Å². The number of nitrogens with one attached hydrogen (secondary N) is 1. The van der Waals surface area contributed by atoms with E-state index in [0.29, 0.717) is 0 Å². The van der Waals surface area contributed by atoms with Crippen molar-refractivity contribution in [3.63, 3.8) is 0 Å². The lowest BCUT2D eigenvalue weighted by Crippen LogP contribution is -2.27. The molecule has 0 aliphatic heterocycles. The second-order valence-corrected chi connectivity index (χ2v) is 6.10. The smallest absolute Gasteiger partial charge is 0.0871 e. The number of benzene rings is 1. The van der Waals surface area contributed by atoms with Gasteiger partial charge in [-0.05, 0) is 57.9 Å². The van der Waals surface area contributed by atoms with Crippen LogP contribution in [0.4, 0.5) is 5.69 Å². The Morgan fingerprint density at radius 2 is 1.78 bits per heavy atom. The Morgan fingerprint density at radius 3 is 2.22 bits per heavy atom. The highest BCUT2D eigenvalue weighted by Crippen LogP contribution is 2.29. The average molecular weight is 247 g/mol. The van der Waals surface area contributed by atoms with Crippen molar-refractivity contribution in [3.05, 3.63) is 35.9 Å². The Kier molecular flexibility index (Phi) is 4.23. The monoisotopic (exact) mass is 247 g/mol. The van der Waals surface area contributed by atoms with Gasteiger partial charge in [0.2, 0.25) is 0 Å². The van der Waals surface area contributed by atoms with Crippen LogP contribution in [0.25, 0.3) is 6.08 Å². The van der Waals surface area contributed by atoms with Gasteiger partial charge in [0.05, 0.1) is 5.60 Å². The van der Waals surface area contributed by atoms with Crippen molar-refractivity contribution >= 4 is 11.8 Å². The lowest BCUT2D eigenvalue weighted by molar-refractivity contribution is 0.0192. The van der Waals surface area contributed by atoms with Crippen molar-refractivity contribution in [2.24, 2.45) is 0 Å². The van der Waals surface area contributed by atoms with Crippen molar-refractivity contribution in [3.8, 4) is 0 Å². The summed E-state index contributed by atoms with van der Waals surface area (Å²) in [6.45, 7) is 14.5. The molecule has 1 aromatic carbocycles. The molecule has 0 saturated heterocycles. The van der Waals surface area contributed by atoms with Crippen LogP contribution in [0.2, 0.25) is 0 Å². The average Bonchev–Trinajstić information content (AvgIpc) is 2.27. The molecule has 0 spiro atoms. The number of ether oxygens (including phenoxy) is 1. The van der Waals surface area contributed by atoms with E-state index in [4.69, 9.17) is 4.74 Å². The van der Waals surface area contributed by atoms with E-state index in [0.717, 1.165) is 16.8 Å². The van der Waals surface area contributed by atoms with Crippen LogP contribution in [0.3, 0.4) is 0 Å². The Balaban J connectivity index is 3.16. The summed E-state index contributed by atoms with van der Waals surface area (Å²) in [6, 6.07) is 6.33. The quantitative estimate of drug-likeness (QED) is 0.850. The molecule has 1 aromatic rings. The minimum atomic E-state index is -0.280. The number of rotatable bonds is 4. The minimum absolute atomic E-state index is 0.0377. The van der Waals surface area contributed by atoms with E-state index in [2.05, 4.69) is 64.7 Å². The molecular formula is C16H25NO. The highest BCUT2D eigenvalue weighted by atomic mass is 16.5. The van der Waals surface area contributed by atoms with E-state index in [1.807, 2.05) is 6.08 Å². The third-order valence-electron chi connectivity index (χ3n) is 2.99. The molecule has 2 heteroatoms. The molecule has 0 unspecified atom stereocenters. The second-order valence-electron chi connectivity index (χ2n) is 6.10. The molecule has 2 nitrogen and oxygen atoms in total. The SMILES string of the molecule is C=Cc1cc(C(C)(C)OC)ccc1NC(C)(C)C. The Labute approximate surface area is 111 Å². The summed E-state index contributed by atoms with van der Waals surface area (Å²) >= 11 is 0. The topological polar surface area (TPSA) is 21.3 Å². The predicted molar refractivity (Wildman–Crippen MR) is 79.9 cm³/mol. The van der Waals surface area contributed by atoms with Crippen molar-refractivity contribution in [2.45, 2.75) is 45.8 Å². The minimum Gasteiger partial charge on any atom is -0.380 e. The highest BCUT2D eigenvalue weighted by Gasteiger charge is 2.20. The highest BCUT2D eigenvalue weighted by molar-refractivity contribution is 5.67. The molecule has 0 saturated carbocycles. The van der Waals surface area contributed by atoms with Gasteiger partial charge in [-0.1, -0.05) is 18.7 Å². The van der Waals surface area contributed by atoms with Gasteiger partial charge in [0.25, 0.3) is 0 Å². The number of methoxy groups -OCH3 is 1. The van der Waals surface area contributed by atoms with Crippen LogP contribution < -0.4 is 5.32 Å². The van der Waals surface area contributed by atoms with Gasteiger partial charge in [0.15, 0.2) is 0 Å². The normalized spacial score (nSPS) is 12.3. The van der Waals surface area contributed by atoms with E-state index < -0.39 is 0 Å². The summed E-state index contributed by atoms with van der Waals surface area (Å²) in [4.78, 5) is 0. The van der Waals surface area contributed by atoms with E-state index in [9.17, 15) is 0 Å². The number of anilines is 1. The van der Waals surface area contributed by atoms with Gasteiger partial charge in [0, 0.05) is 18.3 Å². The van der Waals surface area contributed by atoms with E-state index >= 15 is 0 Å². The number of hydrogen-bond acceptors (Lipinski definition) is 2. The third-order valence-corrected chi connectivity index (χ3v) is 2.99. The van der Waals surface area contributed by atoms with E-state index in [1.54, 1.807) is 7.11 Å². The third kappa shape index (κ3) is 3.61. The van der Waals surface area contributed by atoms with Gasteiger partial charge in [-0.3, -0.25) is 0 Å². The fourth-order valence-electron chi connectivity index (χ4n) is 1.74. The van der Waals surface area contributed by atoms with Crippen LogP contribution in [0.5, 0.6) is 0 Å². The molecule has 0 fully saturated rings. The molecule has 1 rings (SSSR count). The summed E-state index contributed by atoms with van der Waals surface area (Å²) < 4.78 is 5.51. The summed E-state index contributed by atoms with van der Waals surface area (Å²) in [6.07, 6.45) is 1.88. The van der Waals surface area contributed by atoms with Gasteiger partial charge >= 0.3 is 0 Å². The first kappa shape index (κ1) is 14.8. The van der Waals surface area contributed by atoms with Crippen LogP contribution in [-0.4, -0.2) is 12.6 Å². The van der Waals surface area contributed by atoms with Gasteiger partial charge in [-0.25, -0.2) is 0 Å². The van der Waals surface area contributed by atoms with Crippen LogP contribution >= 0.6 is 0 Å². The van der Waals surface area contributed by atoms with Crippen LogP contribution in [0, 0.1) is 0 Å². The zero-order valence-electron chi connectivity index (χ0n) is 12.4. The largest absolute Gasteiger partial charge is 0.380 e. The maximum absolute atomic E-state index is 5.51. The molecule has 0 aliphatic carbocycles. The fourth-order valence-corrected chi connectivity index (χ4v) is 1.74. The van der Waals surface area contributed by atoms with E-state index in [1.165, 1.54) is 0 Å². The molecule has 100 valence electrons. The molecule has 0 aliphatic rings. The van der Waals surface area contributed by atoms with Gasteiger partial charge in [0.1, 0.15) is 0 Å². The molecule has 1 N–H and O–H groups in total. The zero-order chi connectivity index (χ0) is 14.0. The molecule has 0 bridgehead atoms. The van der Waals surface area contributed by atoms with Gasteiger partial charge in [-0.15, -0.1) is 0 Å². The number of hydrogen-bond donors (Lipinski definition) is 1. The standard InChI is InChI=1S/C16H25NO/c1-8-12-11-13(16(5,6)18-7)9-10-14(12)17-15(2,3)4/h8-11,17H,1H2,2-7H3. The first-order chi connectivity index (χ1) is 8.19. The summed E-state index contributed by atoms with van der Waals surface area (Å²) in [7, 11) is 1.73. The molecule has 0 radical (unpaired) electrons. The van der Waals surface area contributed by atoms with E-state index in [-0.39, 0.29) is 11.1 Å². The fraction of sp³-hybridized carbons (Fsp3) is 0.500. The summed E-state index contributed by atoms with van der Waals surface area (Å²) in [5.41, 5.74) is 3.12. The van der Waals surface area contributed by atoms with Crippen molar-refractivity contribution in [1.29, 1.82) is 0 Å². The summed E-state index contributed by atoms with van der Waals surface area (Å²) in [5, 5.41) is 3.49. The van der Waals surface area contributed by atoms with Crippen LogP contribution in [-0.2, 0) is 10.3 Å². The molecule has 0 atom stereocenters. The molecule has 0 amide bonds. The second kappa shape index (κ2) is 5.15. The van der Waals surface area contributed by atoms with Crippen molar-refractivity contribution in [1.82, 2.24) is 0 Å². The lowest BCUT2D eigenvalue weighted by Gasteiger charge is -2.27. The van der Waals surface area contributed by atoms with Gasteiger partial charge in [-0.2, -0.15) is 0 Å². The van der Waals surface area contributed by atoms with Crippen molar-refractivity contribution < 1.29 is 4.74 Å². The molecular weight excluding hydrogens is 222 g/mol. The summed E-state index contributed by atoms with van der Waals surface area (Å²) in [5.74, 6) is 0. The Bertz CT molecular complexity index is 427. The maximum atomic E-state index is 5.51. The first-order valence-corrected chi connectivity index (χ1v) is 6.30. The molecule has 0 heterocycles. The maximum Gasteiger partial charge on any atom is 0.0871 e.